The van der Waals surface area contributed by atoms with E-state index in [1.165, 1.54) is 0 Å². The number of ether oxygens (including phenoxy) is 2. The van der Waals surface area contributed by atoms with Crippen LogP contribution in [0.3, 0.4) is 0 Å². The quantitative estimate of drug-likeness (QED) is 0.633. The molecular formula is C22H20N2O3. The first-order valence-electron chi connectivity index (χ1n) is 8.49. The number of amides is 1. The van der Waals surface area contributed by atoms with Crippen molar-refractivity contribution in [3.05, 3.63) is 84.4 Å². The van der Waals surface area contributed by atoms with Crippen molar-refractivity contribution in [2.24, 2.45) is 4.99 Å². The minimum Gasteiger partial charge on any atom is -0.497 e. The van der Waals surface area contributed by atoms with Crippen LogP contribution in [0, 0.1) is 0 Å². The largest absolute Gasteiger partial charge is 0.497 e. The zero-order valence-corrected chi connectivity index (χ0v) is 15.0. The van der Waals surface area contributed by atoms with Crippen molar-refractivity contribution in [3.8, 4) is 11.5 Å². The molecule has 0 aliphatic rings. The number of para-hydroxylation sites is 1. The van der Waals surface area contributed by atoms with Crippen molar-refractivity contribution in [3.63, 3.8) is 0 Å². The van der Waals surface area contributed by atoms with Crippen LogP contribution in [0.2, 0.25) is 0 Å². The van der Waals surface area contributed by atoms with Gasteiger partial charge in [0.15, 0.2) is 6.61 Å². The van der Waals surface area contributed by atoms with E-state index in [0.29, 0.717) is 5.75 Å². The lowest BCUT2D eigenvalue weighted by Crippen LogP contribution is -2.20. The van der Waals surface area contributed by atoms with E-state index in [9.17, 15) is 4.79 Å². The van der Waals surface area contributed by atoms with Crippen LogP contribution in [0.4, 0.5) is 11.4 Å². The summed E-state index contributed by atoms with van der Waals surface area (Å²) in [5.41, 5.74) is 2.52. The Labute approximate surface area is 158 Å². The normalized spacial score (nSPS) is 10.6. The second-order valence-electron chi connectivity index (χ2n) is 5.73. The Hall–Kier alpha value is -3.60. The second-order valence-corrected chi connectivity index (χ2v) is 5.73. The molecule has 0 unspecified atom stereocenters. The summed E-state index contributed by atoms with van der Waals surface area (Å²) in [4.78, 5) is 16.3. The second kappa shape index (κ2) is 9.20. The molecule has 0 heterocycles. The van der Waals surface area contributed by atoms with Crippen LogP contribution >= 0.6 is 0 Å². The van der Waals surface area contributed by atoms with Gasteiger partial charge in [0.05, 0.1) is 12.8 Å². The van der Waals surface area contributed by atoms with Crippen molar-refractivity contribution >= 4 is 23.5 Å². The van der Waals surface area contributed by atoms with E-state index in [4.69, 9.17) is 9.47 Å². The van der Waals surface area contributed by atoms with Gasteiger partial charge in [0.2, 0.25) is 0 Å². The zero-order chi connectivity index (χ0) is 18.9. The van der Waals surface area contributed by atoms with Gasteiger partial charge in [-0.3, -0.25) is 9.79 Å². The van der Waals surface area contributed by atoms with Gasteiger partial charge in [-0.15, -0.1) is 0 Å². The molecule has 0 aliphatic carbocycles. The number of hydrogen-bond donors (Lipinski definition) is 1. The Balaban J connectivity index is 1.50. The Morgan fingerprint density at radius 1 is 0.926 bits per heavy atom. The molecular weight excluding hydrogens is 340 g/mol. The number of rotatable bonds is 7. The SMILES string of the molecule is COc1ccc(N=Cc2ccc(OCC(=O)Nc3ccccc3)cc2)cc1. The monoisotopic (exact) mass is 360 g/mol. The lowest BCUT2D eigenvalue weighted by atomic mass is 10.2. The summed E-state index contributed by atoms with van der Waals surface area (Å²) in [6.07, 6.45) is 1.77. The highest BCUT2D eigenvalue weighted by Crippen LogP contribution is 2.18. The van der Waals surface area contributed by atoms with Crippen molar-refractivity contribution in [1.29, 1.82) is 0 Å². The molecule has 27 heavy (non-hydrogen) atoms. The molecule has 3 aromatic carbocycles. The standard InChI is InChI=1S/C22H20N2O3/c1-26-20-13-9-18(10-14-20)23-15-17-7-11-21(12-8-17)27-16-22(25)24-19-5-3-2-4-6-19/h2-15H,16H2,1H3,(H,24,25). The minimum absolute atomic E-state index is 0.0474. The molecule has 0 radical (unpaired) electrons. The molecule has 0 bridgehead atoms. The summed E-state index contributed by atoms with van der Waals surface area (Å²) >= 11 is 0. The van der Waals surface area contributed by atoms with E-state index in [0.717, 1.165) is 22.7 Å². The summed E-state index contributed by atoms with van der Waals surface area (Å²) in [6, 6.07) is 24.2. The van der Waals surface area contributed by atoms with Gasteiger partial charge in [-0.2, -0.15) is 0 Å². The fraction of sp³-hybridized carbons (Fsp3) is 0.0909. The molecule has 0 saturated heterocycles. The zero-order valence-electron chi connectivity index (χ0n) is 15.0. The molecule has 0 spiro atoms. The van der Waals surface area contributed by atoms with Crippen LogP contribution in [-0.2, 0) is 4.79 Å². The van der Waals surface area contributed by atoms with Gasteiger partial charge in [-0.25, -0.2) is 0 Å². The van der Waals surface area contributed by atoms with Gasteiger partial charge in [0.1, 0.15) is 11.5 Å². The van der Waals surface area contributed by atoms with E-state index < -0.39 is 0 Å². The Kier molecular flexibility index (Phi) is 6.20. The smallest absolute Gasteiger partial charge is 0.262 e. The van der Waals surface area contributed by atoms with Crippen molar-refractivity contribution in [2.45, 2.75) is 0 Å². The minimum atomic E-state index is -0.202. The van der Waals surface area contributed by atoms with E-state index in [1.807, 2.05) is 78.9 Å². The molecule has 5 nitrogen and oxygen atoms in total. The number of hydrogen-bond acceptors (Lipinski definition) is 4. The molecule has 0 saturated carbocycles. The predicted molar refractivity (Wildman–Crippen MR) is 107 cm³/mol. The predicted octanol–water partition coefficient (Wildman–Crippen LogP) is 4.46. The third-order valence-corrected chi connectivity index (χ3v) is 3.74. The maximum absolute atomic E-state index is 11.9. The molecule has 0 fully saturated rings. The molecule has 3 rings (SSSR count). The lowest BCUT2D eigenvalue weighted by Gasteiger charge is -2.07. The van der Waals surface area contributed by atoms with E-state index >= 15 is 0 Å². The molecule has 0 aromatic heterocycles. The Bertz CT molecular complexity index is 889. The number of carbonyl (C=O) groups is 1. The molecule has 136 valence electrons. The highest BCUT2D eigenvalue weighted by molar-refractivity contribution is 5.91. The maximum Gasteiger partial charge on any atom is 0.262 e. The molecule has 1 amide bonds. The fourth-order valence-corrected chi connectivity index (χ4v) is 2.33. The van der Waals surface area contributed by atoms with Gasteiger partial charge < -0.3 is 14.8 Å². The first-order valence-corrected chi connectivity index (χ1v) is 8.49. The highest BCUT2D eigenvalue weighted by atomic mass is 16.5. The first kappa shape index (κ1) is 18.2. The molecule has 1 N–H and O–H groups in total. The van der Waals surface area contributed by atoms with Crippen molar-refractivity contribution in [1.82, 2.24) is 0 Å². The van der Waals surface area contributed by atoms with E-state index in [2.05, 4.69) is 10.3 Å². The summed E-state index contributed by atoms with van der Waals surface area (Å²) < 4.78 is 10.6. The Morgan fingerprint density at radius 3 is 2.26 bits per heavy atom. The van der Waals surface area contributed by atoms with Crippen LogP contribution in [0.25, 0.3) is 0 Å². The molecule has 0 aliphatic heterocycles. The summed E-state index contributed by atoms with van der Waals surface area (Å²) in [5, 5.41) is 2.78. The van der Waals surface area contributed by atoms with Crippen LogP contribution in [0.15, 0.2) is 83.9 Å². The van der Waals surface area contributed by atoms with Crippen LogP contribution in [0.1, 0.15) is 5.56 Å². The van der Waals surface area contributed by atoms with Gasteiger partial charge in [0, 0.05) is 11.9 Å². The van der Waals surface area contributed by atoms with Gasteiger partial charge >= 0.3 is 0 Å². The fourth-order valence-electron chi connectivity index (χ4n) is 2.33. The van der Waals surface area contributed by atoms with Gasteiger partial charge in [-0.1, -0.05) is 18.2 Å². The van der Waals surface area contributed by atoms with E-state index in [-0.39, 0.29) is 12.5 Å². The van der Waals surface area contributed by atoms with Crippen molar-refractivity contribution < 1.29 is 14.3 Å². The number of benzene rings is 3. The highest BCUT2D eigenvalue weighted by Gasteiger charge is 2.03. The average Bonchev–Trinajstić information content (AvgIpc) is 2.72. The summed E-state index contributed by atoms with van der Waals surface area (Å²) in [6.45, 7) is -0.0474. The molecule has 5 heteroatoms. The molecule has 0 atom stereocenters. The number of aliphatic imine (C=N–C) groups is 1. The first-order chi connectivity index (χ1) is 13.2. The number of anilines is 1. The van der Waals surface area contributed by atoms with Crippen LogP contribution in [0.5, 0.6) is 11.5 Å². The van der Waals surface area contributed by atoms with Crippen LogP contribution in [-0.4, -0.2) is 25.8 Å². The lowest BCUT2D eigenvalue weighted by molar-refractivity contribution is -0.118. The van der Waals surface area contributed by atoms with E-state index in [1.54, 1.807) is 13.3 Å². The number of methoxy groups -OCH3 is 1. The summed E-state index contributed by atoms with van der Waals surface area (Å²) in [7, 11) is 1.63. The number of carbonyl (C=O) groups excluding carboxylic acids is 1. The Morgan fingerprint density at radius 2 is 1.59 bits per heavy atom. The third kappa shape index (κ3) is 5.71. The average molecular weight is 360 g/mol. The number of nitrogens with zero attached hydrogens (tertiary/aromatic N) is 1. The topological polar surface area (TPSA) is 59.9 Å². The third-order valence-electron chi connectivity index (χ3n) is 3.74. The van der Waals surface area contributed by atoms with Gasteiger partial charge in [-0.05, 0) is 66.2 Å². The number of nitrogens with one attached hydrogen (secondary N) is 1. The van der Waals surface area contributed by atoms with Gasteiger partial charge in [0.25, 0.3) is 5.91 Å². The van der Waals surface area contributed by atoms with Crippen LogP contribution < -0.4 is 14.8 Å². The van der Waals surface area contributed by atoms with Crippen molar-refractivity contribution in [2.75, 3.05) is 19.0 Å². The maximum atomic E-state index is 11.9. The molecule has 3 aromatic rings. The summed E-state index contributed by atoms with van der Waals surface area (Å²) in [5.74, 6) is 1.22.